The number of aromatic nitrogens is 1. The summed E-state index contributed by atoms with van der Waals surface area (Å²) in [6, 6.07) is 7.73. The lowest BCUT2D eigenvalue weighted by Crippen LogP contribution is -2.20. The third-order valence-corrected chi connectivity index (χ3v) is 3.22. The molecule has 88 valence electrons. The van der Waals surface area contributed by atoms with Crippen molar-refractivity contribution in [3.05, 3.63) is 35.5 Å². The molecule has 1 aliphatic heterocycles. The van der Waals surface area contributed by atoms with E-state index in [1.807, 2.05) is 24.3 Å². The molecule has 17 heavy (non-hydrogen) atoms. The normalized spacial score (nSPS) is 19.7. The number of pyridine rings is 1. The number of nitrogens with one attached hydrogen (secondary N) is 1. The number of benzene rings is 1. The number of ether oxygens (including phenoxy) is 1. The molecule has 0 aliphatic carbocycles. The van der Waals surface area contributed by atoms with Crippen LogP contribution in [0.15, 0.2) is 30.5 Å². The van der Waals surface area contributed by atoms with Crippen molar-refractivity contribution in [2.45, 2.75) is 12.5 Å². The summed E-state index contributed by atoms with van der Waals surface area (Å²) in [4.78, 5) is 4.30. The SMILES string of the molecule is Clc1ccc2ccnc(O[C@@H]3CCNC3)c2c1. The maximum atomic E-state index is 6.01. The van der Waals surface area contributed by atoms with E-state index in [4.69, 9.17) is 16.3 Å². The zero-order chi connectivity index (χ0) is 11.7. The maximum Gasteiger partial charge on any atom is 0.221 e. The highest BCUT2D eigenvalue weighted by Crippen LogP contribution is 2.27. The van der Waals surface area contributed by atoms with Gasteiger partial charge in [-0.2, -0.15) is 0 Å². The molecule has 4 heteroatoms. The van der Waals surface area contributed by atoms with Gasteiger partial charge in [0, 0.05) is 23.2 Å². The van der Waals surface area contributed by atoms with Crippen molar-refractivity contribution in [3.8, 4) is 5.88 Å². The number of rotatable bonds is 2. The number of hydrogen-bond donors (Lipinski definition) is 1. The number of hydrogen-bond acceptors (Lipinski definition) is 3. The molecule has 1 fully saturated rings. The van der Waals surface area contributed by atoms with Gasteiger partial charge in [-0.15, -0.1) is 0 Å². The van der Waals surface area contributed by atoms with E-state index < -0.39 is 0 Å². The number of halogens is 1. The highest BCUT2D eigenvalue weighted by Gasteiger charge is 2.17. The zero-order valence-electron chi connectivity index (χ0n) is 9.32. The second kappa shape index (κ2) is 4.51. The highest BCUT2D eigenvalue weighted by molar-refractivity contribution is 6.31. The van der Waals surface area contributed by atoms with Crippen molar-refractivity contribution in [2.24, 2.45) is 0 Å². The van der Waals surface area contributed by atoms with Gasteiger partial charge in [0.1, 0.15) is 6.10 Å². The summed E-state index contributed by atoms with van der Waals surface area (Å²) in [5.74, 6) is 0.679. The van der Waals surface area contributed by atoms with Crippen LogP contribution < -0.4 is 10.1 Å². The van der Waals surface area contributed by atoms with Gasteiger partial charge in [0.05, 0.1) is 0 Å². The molecule has 1 N–H and O–H groups in total. The molecular weight excluding hydrogens is 236 g/mol. The van der Waals surface area contributed by atoms with Crippen LogP contribution in [0.3, 0.4) is 0 Å². The Kier molecular flexibility index (Phi) is 2.87. The minimum Gasteiger partial charge on any atom is -0.473 e. The standard InChI is InChI=1S/C13H13ClN2O/c14-10-2-1-9-3-6-16-13(12(9)7-10)17-11-4-5-15-8-11/h1-3,6-7,11,15H,4-5,8H2/t11-/m1/s1. The predicted molar refractivity (Wildman–Crippen MR) is 68.7 cm³/mol. The van der Waals surface area contributed by atoms with Gasteiger partial charge in [-0.1, -0.05) is 17.7 Å². The summed E-state index contributed by atoms with van der Waals surface area (Å²) in [5, 5.41) is 6.06. The van der Waals surface area contributed by atoms with Crippen LogP contribution in [-0.2, 0) is 0 Å². The van der Waals surface area contributed by atoms with Crippen LogP contribution in [0.2, 0.25) is 5.02 Å². The molecule has 1 aromatic carbocycles. The smallest absolute Gasteiger partial charge is 0.221 e. The summed E-state index contributed by atoms with van der Waals surface area (Å²) >= 11 is 6.01. The lowest BCUT2D eigenvalue weighted by Gasteiger charge is -2.13. The van der Waals surface area contributed by atoms with Crippen molar-refractivity contribution >= 4 is 22.4 Å². The van der Waals surface area contributed by atoms with E-state index in [-0.39, 0.29) is 6.10 Å². The van der Waals surface area contributed by atoms with Gasteiger partial charge in [0.2, 0.25) is 5.88 Å². The fourth-order valence-corrected chi connectivity index (χ4v) is 2.27. The molecule has 0 unspecified atom stereocenters. The Hall–Kier alpha value is -1.32. The first-order valence-corrected chi connectivity index (χ1v) is 6.12. The Balaban J connectivity index is 1.99. The van der Waals surface area contributed by atoms with Crippen molar-refractivity contribution in [3.63, 3.8) is 0 Å². The predicted octanol–water partition coefficient (Wildman–Crippen LogP) is 2.63. The zero-order valence-corrected chi connectivity index (χ0v) is 10.1. The van der Waals surface area contributed by atoms with Crippen LogP contribution in [0.1, 0.15) is 6.42 Å². The maximum absolute atomic E-state index is 6.01. The Morgan fingerprint density at radius 1 is 1.35 bits per heavy atom. The molecule has 0 radical (unpaired) electrons. The summed E-state index contributed by atoms with van der Waals surface area (Å²) in [6.45, 7) is 1.90. The summed E-state index contributed by atoms with van der Waals surface area (Å²) in [6.07, 6.45) is 3.01. The number of nitrogens with zero attached hydrogens (tertiary/aromatic N) is 1. The van der Waals surface area contributed by atoms with E-state index in [0.29, 0.717) is 10.9 Å². The minimum absolute atomic E-state index is 0.215. The number of fused-ring (bicyclic) bond motifs is 1. The average molecular weight is 249 g/mol. The van der Waals surface area contributed by atoms with Crippen molar-refractivity contribution in [2.75, 3.05) is 13.1 Å². The molecule has 1 atom stereocenters. The molecule has 2 heterocycles. The van der Waals surface area contributed by atoms with Crippen molar-refractivity contribution in [1.82, 2.24) is 10.3 Å². The second-order valence-electron chi connectivity index (χ2n) is 4.21. The molecule has 2 aromatic rings. The van der Waals surface area contributed by atoms with Crippen LogP contribution in [0, 0.1) is 0 Å². The molecule has 3 rings (SSSR count). The van der Waals surface area contributed by atoms with Crippen LogP contribution in [-0.4, -0.2) is 24.2 Å². The van der Waals surface area contributed by atoms with E-state index in [0.717, 1.165) is 30.3 Å². The molecule has 0 saturated carbocycles. The van der Waals surface area contributed by atoms with Gasteiger partial charge in [-0.25, -0.2) is 4.98 Å². The Labute approximate surface area is 105 Å². The highest BCUT2D eigenvalue weighted by atomic mass is 35.5. The minimum atomic E-state index is 0.215. The van der Waals surface area contributed by atoms with Gasteiger partial charge in [-0.05, 0) is 36.6 Å². The monoisotopic (exact) mass is 248 g/mol. The Bertz CT molecular complexity index is 538. The molecule has 1 aromatic heterocycles. The third kappa shape index (κ3) is 2.21. The fraction of sp³-hybridized carbons (Fsp3) is 0.308. The van der Waals surface area contributed by atoms with Crippen molar-refractivity contribution in [1.29, 1.82) is 0 Å². The van der Waals surface area contributed by atoms with E-state index in [1.165, 1.54) is 0 Å². The van der Waals surface area contributed by atoms with E-state index in [2.05, 4.69) is 10.3 Å². The molecule has 3 nitrogen and oxygen atoms in total. The molecule has 1 saturated heterocycles. The fourth-order valence-electron chi connectivity index (χ4n) is 2.09. The van der Waals surface area contributed by atoms with E-state index >= 15 is 0 Å². The first kappa shape index (κ1) is 10.8. The van der Waals surface area contributed by atoms with E-state index in [1.54, 1.807) is 6.20 Å². The van der Waals surface area contributed by atoms with Crippen LogP contribution in [0.25, 0.3) is 10.8 Å². The second-order valence-corrected chi connectivity index (χ2v) is 4.65. The lowest BCUT2D eigenvalue weighted by atomic mass is 10.2. The Morgan fingerprint density at radius 2 is 2.29 bits per heavy atom. The lowest BCUT2D eigenvalue weighted by molar-refractivity contribution is 0.217. The summed E-state index contributed by atoms with van der Waals surface area (Å²) in [7, 11) is 0. The van der Waals surface area contributed by atoms with Gasteiger partial charge in [-0.3, -0.25) is 0 Å². The molecule has 0 bridgehead atoms. The molecule has 0 amide bonds. The van der Waals surface area contributed by atoms with Crippen molar-refractivity contribution < 1.29 is 4.74 Å². The van der Waals surface area contributed by atoms with Gasteiger partial charge < -0.3 is 10.1 Å². The van der Waals surface area contributed by atoms with Gasteiger partial charge in [0.15, 0.2) is 0 Å². The molecule has 1 aliphatic rings. The largest absolute Gasteiger partial charge is 0.473 e. The van der Waals surface area contributed by atoms with E-state index in [9.17, 15) is 0 Å². The van der Waals surface area contributed by atoms with Crippen LogP contribution in [0.5, 0.6) is 5.88 Å². The Morgan fingerprint density at radius 3 is 3.12 bits per heavy atom. The van der Waals surface area contributed by atoms with Gasteiger partial charge in [0.25, 0.3) is 0 Å². The van der Waals surface area contributed by atoms with Crippen LogP contribution in [0.4, 0.5) is 0 Å². The van der Waals surface area contributed by atoms with Gasteiger partial charge >= 0.3 is 0 Å². The summed E-state index contributed by atoms with van der Waals surface area (Å²) < 4.78 is 5.91. The van der Waals surface area contributed by atoms with Crippen LogP contribution >= 0.6 is 11.6 Å². The molecule has 0 spiro atoms. The third-order valence-electron chi connectivity index (χ3n) is 2.99. The summed E-state index contributed by atoms with van der Waals surface area (Å²) in [5.41, 5.74) is 0. The topological polar surface area (TPSA) is 34.1 Å². The average Bonchev–Trinajstić information content (AvgIpc) is 2.83. The quantitative estimate of drug-likeness (QED) is 0.887. The first-order chi connectivity index (χ1) is 8.33. The molecular formula is C13H13ClN2O. The first-order valence-electron chi connectivity index (χ1n) is 5.74.